The van der Waals surface area contributed by atoms with E-state index in [1.54, 1.807) is 7.11 Å². The summed E-state index contributed by atoms with van der Waals surface area (Å²) in [6.45, 7) is 8.65. The average Bonchev–Trinajstić information content (AvgIpc) is 2.37. The minimum absolute atomic E-state index is 0. The number of halogens is 1. The molecular weight excluding hydrogens is 385 g/mol. The van der Waals surface area contributed by atoms with Gasteiger partial charge in [-0.05, 0) is 33.1 Å². The zero-order chi connectivity index (χ0) is 14.1. The Balaban J connectivity index is 0.00000361. The summed E-state index contributed by atoms with van der Waals surface area (Å²) in [4.78, 5) is 6.79. The highest BCUT2D eigenvalue weighted by Gasteiger charge is 2.28. The smallest absolute Gasteiger partial charge is 0.193 e. The SMILES string of the molecule is CN=C(NCCCCCOC)N1CCSC(C)(C)C1.I. The van der Waals surface area contributed by atoms with Crippen molar-refractivity contribution in [1.29, 1.82) is 0 Å². The van der Waals surface area contributed by atoms with Crippen molar-refractivity contribution in [3.05, 3.63) is 0 Å². The van der Waals surface area contributed by atoms with Gasteiger partial charge in [-0.3, -0.25) is 4.99 Å². The van der Waals surface area contributed by atoms with Crippen LogP contribution in [0.15, 0.2) is 4.99 Å². The average molecular weight is 415 g/mol. The fourth-order valence-corrected chi connectivity index (χ4v) is 3.39. The van der Waals surface area contributed by atoms with Crippen LogP contribution in [0.5, 0.6) is 0 Å². The zero-order valence-corrected chi connectivity index (χ0v) is 16.4. The van der Waals surface area contributed by atoms with Crippen molar-refractivity contribution in [3.63, 3.8) is 0 Å². The minimum Gasteiger partial charge on any atom is -0.385 e. The van der Waals surface area contributed by atoms with Gasteiger partial charge >= 0.3 is 0 Å². The number of thioether (sulfide) groups is 1. The Kier molecular flexibility index (Phi) is 11.1. The molecule has 0 aliphatic carbocycles. The summed E-state index contributed by atoms with van der Waals surface area (Å²) in [5, 5.41) is 3.48. The Hall–Kier alpha value is 0.310. The van der Waals surface area contributed by atoms with Crippen LogP contribution in [-0.4, -0.2) is 61.8 Å². The van der Waals surface area contributed by atoms with E-state index in [0.29, 0.717) is 4.75 Å². The highest BCUT2D eigenvalue weighted by Crippen LogP contribution is 2.29. The molecule has 6 heteroatoms. The highest BCUT2D eigenvalue weighted by atomic mass is 127. The second-order valence-electron chi connectivity index (χ2n) is 5.56. The first kappa shape index (κ1) is 20.3. The van der Waals surface area contributed by atoms with Crippen LogP contribution in [0.1, 0.15) is 33.1 Å². The molecule has 1 N–H and O–H groups in total. The van der Waals surface area contributed by atoms with E-state index < -0.39 is 0 Å². The van der Waals surface area contributed by atoms with Crippen LogP contribution in [0.4, 0.5) is 0 Å². The molecule has 4 nitrogen and oxygen atoms in total. The van der Waals surface area contributed by atoms with Gasteiger partial charge in [-0.15, -0.1) is 24.0 Å². The van der Waals surface area contributed by atoms with Crippen LogP contribution < -0.4 is 5.32 Å². The van der Waals surface area contributed by atoms with Gasteiger partial charge in [0.25, 0.3) is 0 Å². The lowest BCUT2D eigenvalue weighted by atomic mass is 10.2. The Morgan fingerprint density at radius 2 is 2.10 bits per heavy atom. The van der Waals surface area contributed by atoms with E-state index in [0.717, 1.165) is 38.6 Å². The molecule has 0 saturated carbocycles. The molecule has 1 aliphatic rings. The molecule has 0 radical (unpaired) electrons. The Morgan fingerprint density at radius 3 is 2.70 bits per heavy atom. The van der Waals surface area contributed by atoms with E-state index in [-0.39, 0.29) is 24.0 Å². The van der Waals surface area contributed by atoms with Gasteiger partial charge in [0.15, 0.2) is 5.96 Å². The number of unbranched alkanes of at least 4 members (excludes halogenated alkanes) is 2. The third-order valence-electron chi connectivity index (χ3n) is 3.25. The molecule has 0 atom stereocenters. The molecule has 0 aromatic rings. The monoisotopic (exact) mass is 415 g/mol. The van der Waals surface area contributed by atoms with Crippen LogP contribution in [0.3, 0.4) is 0 Å². The number of methoxy groups -OCH3 is 1. The lowest BCUT2D eigenvalue weighted by molar-refractivity contribution is 0.192. The molecule has 0 bridgehead atoms. The second kappa shape index (κ2) is 11.0. The number of ether oxygens (including phenoxy) is 1. The summed E-state index contributed by atoms with van der Waals surface area (Å²) in [7, 11) is 3.64. The first-order chi connectivity index (χ1) is 9.09. The third kappa shape index (κ3) is 7.93. The maximum absolute atomic E-state index is 5.05. The summed E-state index contributed by atoms with van der Waals surface area (Å²) in [6, 6.07) is 0. The van der Waals surface area contributed by atoms with Gasteiger partial charge in [0, 0.05) is 50.9 Å². The Bertz CT molecular complexity index is 288. The number of rotatable bonds is 6. The predicted molar refractivity (Wildman–Crippen MR) is 101 cm³/mol. The van der Waals surface area contributed by atoms with Crippen molar-refractivity contribution in [2.24, 2.45) is 4.99 Å². The largest absolute Gasteiger partial charge is 0.385 e. The Labute approximate surface area is 145 Å². The van der Waals surface area contributed by atoms with Crippen LogP contribution in [0.2, 0.25) is 0 Å². The van der Waals surface area contributed by atoms with Crippen LogP contribution in [-0.2, 0) is 4.74 Å². The summed E-state index contributed by atoms with van der Waals surface area (Å²) < 4.78 is 5.38. The van der Waals surface area contributed by atoms with E-state index in [1.807, 2.05) is 7.05 Å². The summed E-state index contributed by atoms with van der Waals surface area (Å²) in [5.41, 5.74) is 0. The predicted octanol–water partition coefficient (Wildman–Crippen LogP) is 2.82. The van der Waals surface area contributed by atoms with Gasteiger partial charge in [0.2, 0.25) is 0 Å². The highest BCUT2D eigenvalue weighted by molar-refractivity contribution is 14.0. The molecule has 120 valence electrons. The fraction of sp³-hybridized carbons (Fsp3) is 0.929. The van der Waals surface area contributed by atoms with Crippen molar-refractivity contribution in [3.8, 4) is 0 Å². The van der Waals surface area contributed by atoms with Gasteiger partial charge in [-0.2, -0.15) is 11.8 Å². The lowest BCUT2D eigenvalue weighted by Gasteiger charge is -2.39. The lowest BCUT2D eigenvalue weighted by Crippen LogP contribution is -2.51. The van der Waals surface area contributed by atoms with Crippen molar-refractivity contribution in [2.45, 2.75) is 37.9 Å². The molecule has 0 aromatic carbocycles. The molecule has 1 fully saturated rings. The van der Waals surface area contributed by atoms with Crippen molar-refractivity contribution in [2.75, 3.05) is 46.2 Å². The summed E-state index contributed by atoms with van der Waals surface area (Å²) in [5.74, 6) is 2.24. The molecule has 0 aromatic heterocycles. The first-order valence-electron chi connectivity index (χ1n) is 7.17. The maximum Gasteiger partial charge on any atom is 0.193 e. The topological polar surface area (TPSA) is 36.9 Å². The Morgan fingerprint density at radius 1 is 1.35 bits per heavy atom. The third-order valence-corrected chi connectivity index (χ3v) is 4.54. The van der Waals surface area contributed by atoms with E-state index in [1.165, 1.54) is 18.6 Å². The van der Waals surface area contributed by atoms with Gasteiger partial charge in [-0.1, -0.05) is 0 Å². The maximum atomic E-state index is 5.05. The number of nitrogens with zero attached hydrogens (tertiary/aromatic N) is 2. The number of hydrogen-bond acceptors (Lipinski definition) is 3. The summed E-state index contributed by atoms with van der Waals surface area (Å²) >= 11 is 2.05. The van der Waals surface area contributed by atoms with Gasteiger partial charge in [0.05, 0.1) is 0 Å². The molecular formula is C14H30IN3OS. The van der Waals surface area contributed by atoms with Crippen molar-refractivity contribution in [1.82, 2.24) is 10.2 Å². The van der Waals surface area contributed by atoms with Crippen LogP contribution >= 0.6 is 35.7 Å². The number of aliphatic imine (C=N–C) groups is 1. The van der Waals surface area contributed by atoms with E-state index in [2.05, 4.69) is 40.8 Å². The molecule has 0 spiro atoms. The van der Waals surface area contributed by atoms with Gasteiger partial charge in [0.1, 0.15) is 0 Å². The van der Waals surface area contributed by atoms with Crippen LogP contribution in [0.25, 0.3) is 0 Å². The molecule has 1 saturated heterocycles. The minimum atomic E-state index is 0. The first-order valence-corrected chi connectivity index (χ1v) is 8.16. The van der Waals surface area contributed by atoms with Crippen molar-refractivity contribution >= 4 is 41.7 Å². The molecule has 1 rings (SSSR count). The molecule has 20 heavy (non-hydrogen) atoms. The van der Waals surface area contributed by atoms with Gasteiger partial charge in [-0.25, -0.2) is 0 Å². The normalized spacial score (nSPS) is 18.6. The van der Waals surface area contributed by atoms with Crippen molar-refractivity contribution < 1.29 is 4.74 Å². The second-order valence-corrected chi connectivity index (χ2v) is 7.36. The molecule has 1 heterocycles. The number of nitrogens with one attached hydrogen (secondary N) is 1. The van der Waals surface area contributed by atoms with E-state index >= 15 is 0 Å². The zero-order valence-electron chi connectivity index (χ0n) is 13.3. The number of hydrogen-bond donors (Lipinski definition) is 1. The quantitative estimate of drug-likeness (QED) is 0.313. The summed E-state index contributed by atoms with van der Waals surface area (Å²) in [6.07, 6.45) is 3.53. The van der Waals surface area contributed by atoms with Gasteiger partial charge < -0.3 is 15.0 Å². The molecule has 0 amide bonds. The van der Waals surface area contributed by atoms with E-state index in [4.69, 9.17) is 4.74 Å². The molecule has 0 unspecified atom stereocenters. The number of guanidine groups is 1. The fourth-order valence-electron chi connectivity index (χ4n) is 2.28. The standard InChI is InChI=1S/C14H29N3OS.HI/c1-14(2)12-17(9-11-19-14)13(15-3)16-8-6-5-7-10-18-4;/h5-12H2,1-4H3,(H,15,16);1H. The molecule has 1 aliphatic heterocycles. The van der Waals surface area contributed by atoms with Crippen LogP contribution in [0, 0.1) is 0 Å². The van der Waals surface area contributed by atoms with E-state index in [9.17, 15) is 0 Å².